The van der Waals surface area contributed by atoms with E-state index >= 15 is 0 Å². The molecular formula is C22H26N2O4S. The molecule has 4 rings (SSSR count). The lowest BCUT2D eigenvalue weighted by atomic mass is 10.1. The van der Waals surface area contributed by atoms with Gasteiger partial charge in [0.1, 0.15) is 12.4 Å². The fourth-order valence-electron chi connectivity index (χ4n) is 3.71. The Morgan fingerprint density at radius 2 is 1.90 bits per heavy atom. The molecule has 154 valence electrons. The van der Waals surface area contributed by atoms with Gasteiger partial charge in [-0.3, -0.25) is 4.79 Å². The highest BCUT2D eigenvalue weighted by molar-refractivity contribution is 7.88. The van der Waals surface area contributed by atoms with Crippen LogP contribution in [0.1, 0.15) is 41.3 Å². The van der Waals surface area contributed by atoms with Gasteiger partial charge in [0.15, 0.2) is 0 Å². The van der Waals surface area contributed by atoms with Gasteiger partial charge in [-0.15, -0.1) is 0 Å². The van der Waals surface area contributed by atoms with Crippen molar-refractivity contribution in [1.29, 1.82) is 0 Å². The van der Waals surface area contributed by atoms with Gasteiger partial charge < -0.3 is 9.64 Å². The number of hydrogen-bond donors (Lipinski definition) is 0. The first-order chi connectivity index (χ1) is 13.8. The third kappa shape index (κ3) is 4.46. The number of fused-ring (bicyclic) bond motifs is 1. The maximum absolute atomic E-state index is 13.0. The van der Waals surface area contributed by atoms with Crippen molar-refractivity contribution >= 4 is 15.9 Å². The predicted molar refractivity (Wildman–Crippen MR) is 111 cm³/mol. The zero-order valence-corrected chi connectivity index (χ0v) is 17.6. The van der Waals surface area contributed by atoms with Crippen molar-refractivity contribution in [2.24, 2.45) is 0 Å². The molecule has 1 aliphatic heterocycles. The van der Waals surface area contributed by atoms with Crippen LogP contribution in [0.2, 0.25) is 0 Å². The van der Waals surface area contributed by atoms with E-state index < -0.39 is 10.0 Å². The van der Waals surface area contributed by atoms with E-state index in [1.165, 1.54) is 6.26 Å². The second-order valence-corrected chi connectivity index (χ2v) is 9.88. The molecule has 1 atom stereocenters. The van der Waals surface area contributed by atoms with Gasteiger partial charge in [0, 0.05) is 23.7 Å². The summed E-state index contributed by atoms with van der Waals surface area (Å²) in [6.45, 7) is 3.17. The number of hydrogen-bond acceptors (Lipinski definition) is 4. The van der Waals surface area contributed by atoms with Gasteiger partial charge >= 0.3 is 0 Å². The summed E-state index contributed by atoms with van der Waals surface area (Å²) in [5, 5.41) is 0. The topological polar surface area (TPSA) is 66.9 Å². The first-order valence-corrected chi connectivity index (χ1v) is 11.7. The molecule has 0 saturated heterocycles. The molecule has 1 aliphatic carbocycles. The smallest absolute Gasteiger partial charge is 0.254 e. The van der Waals surface area contributed by atoms with Crippen LogP contribution in [0.15, 0.2) is 48.5 Å². The number of carbonyl (C=O) groups excluding carboxylic acids is 1. The minimum atomic E-state index is -3.26. The molecule has 29 heavy (non-hydrogen) atoms. The van der Waals surface area contributed by atoms with Gasteiger partial charge in [0.25, 0.3) is 5.91 Å². The Morgan fingerprint density at radius 3 is 2.55 bits per heavy atom. The number of benzene rings is 2. The number of rotatable bonds is 5. The standard InChI is InChI=1S/C22H26N2O4S/c1-16-15-28-21-11-8-17(13-24(20-9-10-20)29(2,26)27)12-19(21)14-23(16)22(25)18-6-4-3-5-7-18/h3-8,11-12,16,20H,9-10,13-15H2,1-2H3/t16-/m0/s1. The van der Waals surface area contributed by atoms with Crippen LogP contribution in [0.3, 0.4) is 0 Å². The Morgan fingerprint density at radius 1 is 1.17 bits per heavy atom. The van der Waals surface area contributed by atoms with Gasteiger partial charge in [0.05, 0.1) is 18.8 Å². The molecule has 0 radical (unpaired) electrons. The average molecular weight is 415 g/mol. The second-order valence-electron chi connectivity index (χ2n) is 7.94. The largest absolute Gasteiger partial charge is 0.491 e. The summed E-state index contributed by atoms with van der Waals surface area (Å²) in [5.41, 5.74) is 2.46. The fraction of sp³-hybridized carbons (Fsp3) is 0.409. The lowest BCUT2D eigenvalue weighted by Gasteiger charge is -2.26. The van der Waals surface area contributed by atoms with Gasteiger partial charge in [-0.05, 0) is 49.6 Å². The number of amides is 1. The third-order valence-electron chi connectivity index (χ3n) is 5.48. The van der Waals surface area contributed by atoms with Gasteiger partial charge in [-0.25, -0.2) is 8.42 Å². The Kier molecular flexibility index (Phi) is 5.36. The molecule has 1 fully saturated rings. The highest BCUT2D eigenvalue weighted by atomic mass is 32.2. The van der Waals surface area contributed by atoms with Crippen molar-refractivity contribution in [3.05, 3.63) is 65.2 Å². The van der Waals surface area contributed by atoms with Crippen molar-refractivity contribution in [3.8, 4) is 5.75 Å². The summed E-state index contributed by atoms with van der Waals surface area (Å²) in [4.78, 5) is 14.9. The van der Waals surface area contributed by atoms with Crippen molar-refractivity contribution < 1.29 is 17.9 Å². The Bertz CT molecular complexity index is 1000. The quantitative estimate of drug-likeness (QED) is 0.754. The van der Waals surface area contributed by atoms with Crippen LogP contribution in [0, 0.1) is 0 Å². The predicted octanol–water partition coefficient (Wildman–Crippen LogP) is 3.03. The minimum Gasteiger partial charge on any atom is -0.491 e. The number of sulfonamides is 1. The van der Waals surface area contributed by atoms with E-state index in [4.69, 9.17) is 4.74 Å². The van der Waals surface area contributed by atoms with Crippen LogP contribution in [-0.4, -0.2) is 48.5 Å². The first kappa shape index (κ1) is 19.9. The fourth-order valence-corrected chi connectivity index (χ4v) is 4.85. The minimum absolute atomic E-state index is 0.0318. The normalized spacial score (nSPS) is 19.4. The molecule has 2 aromatic carbocycles. The van der Waals surface area contributed by atoms with Crippen LogP contribution in [-0.2, 0) is 23.1 Å². The number of nitrogens with zero attached hydrogens (tertiary/aromatic N) is 2. The maximum Gasteiger partial charge on any atom is 0.254 e. The van der Waals surface area contributed by atoms with E-state index in [0.717, 1.165) is 29.7 Å². The van der Waals surface area contributed by atoms with Crippen molar-refractivity contribution in [1.82, 2.24) is 9.21 Å². The number of ether oxygens (including phenoxy) is 1. The van der Waals surface area contributed by atoms with E-state index in [2.05, 4.69) is 0 Å². The average Bonchev–Trinajstić information content (AvgIpc) is 3.54. The SMILES string of the molecule is C[C@H]1COc2ccc(CN(C3CC3)S(C)(=O)=O)cc2CN1C(=O)c1ccccc1. The molecule has 0 spiro atoms. The highest BCUT2D eigenvalue weighted by Gasteiger charge is 2.35. The van der Waals surface area contributed by atoms with Gasteiger partial charge in [0.2, 0.25) is 10.0 Å². The van der Waals surface area contributed by atoms with Crippen molar-refractivity contribution in [2.45, 2.75) is 44.9 Å². The Hall–Kier alpha value is -2.38. The van der Waals surface area contributed by atoms with E-state index in [1.54, 1.807) is 4.31 Å². The second kappa shape index (κ2) is 7.80. The van der Waals surface area contributed by atoms with Crippen LogP contribution < -0.4 is 4.74 Å². The van der Waals surface area contributed by atoms with Crippen LogP contribution in [0.25, 0.3) is 0 Å². The first-order valence-electron chi connectivity index (χ1n) is 9.90. The number of carbonyl (C=O) groups is 1. The summed E-state index contributed by atoms with van der Waals surface area (Å²) in [5.74, 6) is 0.719. The molecule has 2 aliphatic rings. The lowest BCUT2D eigenvalue weighted by molar-refractivity contribution is 0.0645. The zero-order valence-electron chi connectivity index (χ0n) is 16.7. The van der Waals surface area contributed by atoms with Crippen molar-refractivity contribution in [2.75, 3.05) is 12.9 Å². The van der Waals surface area contributed by atoms with E-state index in [0.29, 0.717) is 25.3 Å². The van der Waals surface area contributed by atoms with Crippen LogP contribution in [0.4, 0.5) is 0 Å². The van der Waals surface area contributed by atoms with Crippen LogP contribution >= 0.6 is 0 Å². The maximum atomic E-state index is 13.0. The zero-order chi connectivity index (χ0) is 20.6. The molecule has 1 heterocycles. The molecule has 2 aromatic rings. The van der Waals surface area contributed by atoms with Crippen LogP contribution in [0.5, 0.6) is 5.75 Å². The third-order valence-corrected chi connectivity index (χ3v) is 6.76. The van der Waals surface area contributed by atoms with Crippen molar-refractivity contribution in [3.63, 3.8) is 0 Å². The van der Waals surface area contributed by atoms with E-state index in [-0.39, 0.29) is 18.0 Å². The van der Waals surface area contributed by atoms with Gasteiger partial charge in [-0.1, -0.05) is 24.3 Å². The summed E-state index contributed by atoms with van der Waals surface area (Å²) >= 11 is 0. The molecule has 7 heteroatoms. The molecule has 0 N–H and O–H groups in total. The highest BCUT2D eigenvalue weighted by Crippen LogP contribution is 2.32. The molecule has 6 nitrogen and oxygen atoms in total. The summed E-state index contributed by atoms with van der Waals surface area (Å²) in [6, 6.07) is 15.1. The Labute approximate surface area is 172 Å². The van der Waals surface area contributed by atoms with Gasteiger partial charge in [-0.2, -0.15) is 4.31 Å². The molecule has 0 unspecified atom stereocenters. The van der Waals surface area contributed by atoms with E-state index in [1.807, 2.05) is 60.4 Å². The molecular weight excluding hydrogens is 388 g/mol. The molecule has 0 aromatic heterocycles. The Balaban J connectivity index is 1.59. The molecule has 1 amide bonds. The monoisotopic (exact) mass is 414 g/mol. The molecule has 1 saturated carbocycles. The lowest BCUT2D eigenvalue weighted by Crippen LogP contribution is -2.39. The summed E-state index contributed by atoms with van der Waals surface area (Å²) in [7, 11) is -3.26. The molecule has 0 bridgehead atoms. The summed E-state index contributed by atoms with van der Waals surface area (Å²) < 4.78 is 31.8. The summed E-state index contributed by atoms with van der Waals surface area (Å²) in [6.07, 6.45) is 3.09. The van der Waals surface area contributed by atoms with E-state index in [9.17, 15) is 13.2 Å².